The summed E-state index contributed by atoms with van der Waals surface area (Å²) < 4.78 is 24.0. The van der Waals surface area contributed by atoms with Crippen molar-refractivity contribution in [1.82, 2.24) is 0 Å². The van der Waals surface area contributed by atoms with E-state index in [1.165, 1.54) is 0 Å². The van der Waals surface area contributed by atoms with Crippen LogP contribution >= 0.6 is 0 Å². The molecular weight excluding hydrogens is 332 g/mol. The molecule has 0 bridgehead atoms. The molecule has 2 saturated heterocycles. The highest BCUT2D eigenvalue weighted by molar-refractivity contribution is 5.20. The molecule has 2 aromatic carbocycles. The van der Waals surface area contributed by atoms with Gasteiger partial charge in [-0.1, -0.05) is 60.7 Å². The van der Waals surface area contributed by atoms with Crippen molar-refractivity contribution in [2.75, 3.05) is 0 Å². The highest BCUT2D eigenvalue weighted by atomic mass is 16.8. The summed E-state index contributed by atoms with van der Waals surface area (Å²) in [5, 5.41) is 10.9. The fraction of sp³-hybridized carbons (Fsp3) is 0.429. The van der Waals surface area contributed by atoms with Crippen LogP contribution in [0.5, 0.6) is 0 Å². The van der Waals surface area contributed by atoms with Crippen molar-refractivity contribution in [3.63, 3.8) is 0 Å². The number of fused-ring (bicyclic) bond motifs is 1. The molecule has 1 N–H and O–H groups in total. The number of rotatable bonds is 5. The van der Waals surface area contributed by atoms with Gasteiger partial charge in [0, 0.05) is 0 Å². The van der Waals surface area contributed by atoms with Crippen LogP contribution in [0.25, 0.3) is 0 Å². The molecule has 0 spiro atoms. The van der Waals surface area contributed by atoms with Gasteiger partial charge in [0.1, 0.15) is 24.4 Å². The van der Waals surface area contributed by atoms with Crippen molar-refractivity contribution in [3.8, 4) is 0 Å². The minimum atomic E-state index is -0.821. The zero-order chi connectivity index (χ0) is 18.1. The van der Waals surface area contributed by atoms with Gasteiger partial charge in [0.05, 0.1) is 6.61 Å². The van der Waals surface area contributed by atoms with Gasteiger partial charge in [-0.25, -0.2) is 0 Å². The highest BCUT2D eigenvalue weighted by Crippen LogP contribution is 2.42. The molecular formula is C21H24O5. The second-order valence-corrected chi connectivity index (χ2v) is 7.19. The maximum atomic E-state index is 10.9. The van der Waals surface area contributed by atoms with E-state index in [0.29, 0.717) is 6.61 Å². The van der Waals surface area contributed by atoms with E-state index < -0.39 is 30.4 Å². The van der Waals surface area contributed by atoms with Crippen LogP contribution in [0.3, 0.4) is 0 Å². The van der Waals surface area contributed by atoms with Gasteiger partial charge in [0.15, 0.2) is 12.1 Å². The molecule has 0 aromatic heterocycles. The number of benzene rings is 2. The van der Waals surface area contributed by atoms with Crippen LogP contribution in [0, 0.1) is 0 Å². The van der Waals surface area contributed by atoms with Crippen LogP contribution in [-0.2, 0) is 25.6 Å². The van der Waals surface area contributed by atoms with Crippen molar-refractivity contribution < 1.29 is 24.1 Å². The van der Waals surface area contributed by atoms with Crippen LogP contribution in [0.1, 0.15) is 31.1 Å². The van der Waals surface area contributed by atoms with Crippen molar-refractivity contribution in [2.45, 2.75) is 56.9 Å². The lowest BCUT2D eigenvalue weighted by atomic mass is 9.99. The fourth-order valence-electron chi connectivity index (χ4n) is 3.55. The first kappa shape index (κ1) is 17.6. The Kier molecular flexibility index (Phi) is 4.82. The van der Waals surface area contributed by atoms with Gasteiger partial charge in [-0.05, 0) is 25.0 Å². The molecule has 5 atom stereocenters. The molecule has 5 nitrogen and oxygen atoms in total. The van der Waals surface area contributed by atoms with E-state index in [2.05, 4.69) is 0 Å². The Morgan fingerprint density at radius 1 is 1.00 bits per heavy atom. The summed E-state index contributed by atoms with van der Waals surface area (Å²) in [7, 11) is 0. The topological polar surface area (TPSA) is 57.2 Å². The molecule has 0 radical (unpaired) electrons. The normalized spacial score (nSPS) is 30.9. The van der Waals surface area contributed by atoms with Crippen molar-refractivity contribution in [1.29, 1.82) is 0 Å². The van der Waals surface area contributed by atoms with Crippen LogP contribution in [0.15, 0.2) is 60.7 Å². The van der Waals surface area contributed by atoms with E-state index in [1.54, 1.807) is 0 Å². The quantitative estimate of drug-likeness (QED) is 0.892. The molecule has 2 aliphatic heterocycles. The molecule has 2 aromatic rings. The third-order valence-corrected chi connectivity index (χ3v) is 4.76. The van der Waals surface area contributed by atoms with Gasteiger partial charge < -0.3 is 24.1 Å². The summed E-state index contributed by atoms with van der Waals surface area (Å²) in [6, 6.07) is 19.4. The summed E-state index contributed by atoms with van der Waals surface area (Å²) in [6.07, 6.45) is -2.74. The van der Waals surface area contributed by atoms with Gasteiger partial charge >= 0.3 is 0 Å². The first-order chi connectivity index (χ1) is 12.5. The lowest BCUT2D eigenvalue weighted by Gasteiger charge is -2.28. The van der Waals surface area contributed by atoms with Crippen molar-refractivity contribution >= 4 is 0 Å². The Labute approximate surface area is 153 Å². The second-order valence-electron chi connectivity index (χ2n) is 7.19. The molecule has 2 aliphatic rings. The predicted octanol–water partition coefficient (Wildman–Crippen LogP) is 3.18. The minimum Gasteiger partial charge on any atom is -0.386 e. The van der Waals surface area contributed by atoms with Gasteiger partial charge in [-0.3, -0.25) is 0 Å². The van der Waals surface area contributed by atoms with Crippen LogP contribution in [0.2, 0.25) is 0 Å². The van der Waals surface area contributed by atoms with E-state index in [0.717, 1.165) is 11.1 Å². The van der Waals surface area contributed by atoms with Gasteiger partial charge in [-0.2, -0.15) is 0 Å². The maximum absolute atomic E-state index is 10.9. The average Bonchev–Trinajstić information content (AvgIpc) is 3.12. The molecule has 4 rings (SSSR count). The van der Waals surface area contributed by atoms with Gasteiger partial charge in [0.2, 0.25) is 0 Å². The molecule has 2 fully saturated rings. The first-order valence-corrected chi connectivity index (χ1v) is 8.93. The molecule has 5 heteroatoms. The lowest BCUT2D eigenvalue weighted by molar-refractivity contribution is -0.231. The number of hydrogen-bond donors (Lipinski definition) is 1. The molecule has 0 unspecified atom stereocenters. The molecule has 0 saturated carbocycles. The maximum Gasteiger partial charge on any atom is 0.190 e. The Balaban J connectivity index is 1.54. The first-order valence-electron chi connectivity index (χ1n) is 8.93. The zero-order valence-electron chi connectivity index (χ0n) is 14.9. The van der Waals surface area contributed by atoms with Crippen molar-refractivity contribution in [3.05, 3.63) is 71.8 Å². The van der Waals surface area contributed by atoms with Crippen LogP contribution in [-0.4, -0.2) is 35.5 Å². The average molecular weight is 356 g/mol. The minimum absolute atomic E-state index is 0.378. The van der Waals surface area contributed by atoms with Gasteiger partial charge in [-0.15, -0.1) is 0 Å². The standard InChI is InChI=1S/C21H24O5/c1-21(2)25-19-18(23-13-14-9-5-3-6-10-14)17(24-20(19)26-21)16(22)15-11-7-4-8-12-15/h3-12,16-20,22H,13H2,1-2H3/t16-,17+,18+,19-,20-/m1/s1. The summed E-state index contributed by atoms with van der Waals surface area (Å²) >= 11 is 0. The largest absolute Gasteiger partial charge is 0.386 e. The molecule has 0 amide bonds. The lowest BCUT2D eigenvalue weighted by Crippen LogP contribution is -2.39. The van der Waals surface area contributed by atoms with Gasteiger partial charge in [0.25, 0.3) is 0 Å². The van der Waals surface area contributed by atoms with E-state index in [-0.39, 0.29) is 6.10 Å². The van der Waals surface area contributed by atoms with E-state index in [9.17, 15) is 5.11 Å². The summed E-state index contributed by atoms with van der Waals surface area (Å²) in [5.74, 6) is -0.730. The van der Waals surface area contributed by atoms with E-state index in [1.807, 2.05) is 74.5 Å². The molecule has 26 heavy (non-hydrogen) atoms. The Hall–Kier alpha value is -1.76. The van der Waals surface area contributed by atoms with Crippen LogP contribution < -0.4 is 0 Å². The smallest absolute Gasteiger partial charge is 0.190 e. The number of aliphatic hydroxyl groups excluding tert-OH is 1. The predicted molar refractivity (Wildman–Crippen MR) is 95.1 cm³/mol. The van der Waals surface area contributed by atoms with E-state index >= 15 is 0 Å². The van der Waals surface area contributed by atoms with E-state index in [4.69, 9.17) is 18.9 Å². The monoisotopic (exact) mass is 356 g/mol. The van der Waals surface area contributed by atoms with Crippen LogP contribution in [0.4, 0.5) is 0 Å². The third kappa shape index (κ3) is 3.54. The summed E-state index contributed by atoms with van der Waals surface area (Å²) in [6.45, 7) is 4.12. The fourth-order valence-corrected chi connectivity index (χ4v) is 3.55. The zero-order valence-corrected chi connectivity index (χ0v) is 14.9. The molecule has 2 heterocycles. The third-order valence-electron chi connectivity index (χ3n) is 4.76. The number of ether oxygens (including phenoxy) is 4. The molecule has 0 aliphatic carbocycles. The Bertz CT molecular complexity index is 718. The Morgan fingerprint density at radius 3 is 2.35 bits per heavy atom. The number of aliphatic hydroxyl groups is 1. The SMILES string of the molecule is CC1(C)O[C@H]2O[C@@H]([C@H](O)c3ccccc3)[C@H](OCc3ccccc3)[C@H]2O1. The highest BCUT2D eigenvalue weighted by Gasteiger charge is 2.57. The van der Waals surface area contributed by atoms with Crippen molar-refractivity contribution in [2.24, 2.45) is 0 Å². The summed E-state index contributed by atoms with van der Waals surface area (Å²) in [4.78, 5) is 0. The molecule has 138 valence electrons. The Morgan fingerprint density at radius 2 is 1.65 bits per heavy atom. The second kappa shape index (κ2) is 7.10. The summed E-state index contributed by atoms with van der Waals surface area (Å²) in [5.41, 5.74) is 1.84. The number of hydrogen-bond acceptors (Lipinski definition) is 5.